The van der Waals surface area contributed by atoms with Crippen LogP contribution >= 0.6 is 0 Å². The fourth-order valence-electron chi connectivity index (χ4n) is 3.28. The first-order chi connectivity index (χ1) is 12.2. The van der Waals surface area contributed by atoms with E-state index in [1.165, 1.54) is 0 Å². The Bertz CT molecular complexity index is 536. The number of aryl methyl sites for hydroxylation is 1. The zero-order valence-electron chi connectivity index (χ0n) is 15.0. The average molecular weight is 351 g/mol. The summed E-state index contributed by atoms with van der Waals surface area (Å²) < 4.78 is 11.3. The number of hydrogen-bond donors (Lipinski definition) is 1. The van der Waals surface area contributed by atoms with Crippen LogP contribution in [0.4, 0.5) is 0 Å². The van der Waals surface area contributed by atoms with Crippen LogP contribution in [0.2, 0.25) is 0 Å². The molecule has 1 aromatic heterocycles. The molecule has 25 heavy (non-hydrogen) atoms. The number of carbonyl (C=O) groups excluding carboxylic acids is 1. The molecule has 0 bridgehead atoms. The van der Waals surface area contributed by atoms with Crippen molar-refractivity contribution in [2.75, 3.05) is 52.5 Å². The third kappa shape index (κ3) is 5.54. The molecule has 2 aliphatic rings. The molecular formula is C18H29N3O4. The van der Waals surface area contributed by atoms with Gasteiger partial charge >= 0.3 is 0 Å². The Labute approximate surface area is 149 Å². The Morgan fingerprint density at radius 3 is 2.72 bits per heavy atom. The lowest BCUT2D eigenvalue weighted by Crippen LogP contribution is -2.44. The number of carbonyl (C=O) groups is 1. The van der Waals surface area contributed by atoms with Gasteiger partial charge in [-0.2, -0.15) is 5.06 Å². The molecule has 140 valence electrons. The van der Waals surface area contributed by atoms with Gasteiger partial charge in [-0.25, -0.2) is 0 Å². The molecule has 1 N–H and O–H groups in total. The number of amides is 1. The van der Waals surface area contributed by atoms with Gasteiger partial charge in [0.05, 0.1) is 25.9 Å². The van der Waals surface area contributed by atoms with Crippen LogP contribution in [0.5, 0.6) is 0 Å². The highest BCUT2D eigenvalue weighted by Gasteiger charge is 2.25. The molecule has 2 fully saturated rings. The van der Waals surface area contributed by atoms with Crippen molar-refractivity contribution in [1.29, 1.82) is 0 Å². The number of ether oxygens (including phenoxy) is 1. The van der Waals surface area contributed by atoms with Crippen molar-refractivity contribution in [3.8, 4) is 0 Å². The predicted octanol–water partition coefficient (Wildman–Crippen LogP) is 1.50. The van der Waals surface area contributed by atoms with E-state index in [-0.39, 0.29) is 11.9 Å². The van der Waals surface area contributed by atoms with E-state index >= 15 is 0 Å². The van der Waals surface area contributed by atoms with E-state index in [9.17, 15) is 4.79 Å². The SMILES string of the molecule is Cc1ccc([C@@H](CNC(=O)CCN2CCCCO2)N2CCOCC2)o1. The Balaban J connectivity index is 1.50. The van der Waals surface area contributed by atoms with Crippen molar-refractivity contribution in [1.82, 2.24) is 15.3 Å². The summed E-state index contributed by atoms with van der Waals surface area (Å²) in [5.41, 5.74) is 0. The van der Waals surface area contributed by atoms with E-state index in [2.05, 4.69) is 10.2 Å². The van der Waals surface area contributed by atoms with Crippen molar-refractivity contribution in [3.05, 3.63) is 23.7 Å². The van der Waals surface area contributed by atoms with Gasteiger partial charge in [0, 0.05) is 39.1 Å². The summed E-state index contributed by atoms with van der Waals surface area (Å²) in [7, 11) is 0. The number of hydrogen-bond acceptors (Lipinski definition) is 6. The van der Waals surface area contributed by atoms with Gasteiger partial charge in [0.1, 0.15) is 11.5 Å². The van der Waals surface area contributed by atoms with Gasteiger partial charge in [-0.3, -0.25) is 14.5 Å². The first-order valence-electron chi connectivity index (χ1n) is 9.25. The lowest BCUT2D eigenvalue weighted by atomic mass is 10.1. The fourth-order valence-corrected chi connectivity index (χ4v) is 3.28. The fraction of sp³-hybridized carbons (Fsp3) is 0.722. The molecule has 3 rings (SSSR count). The summed E-state index contributed by atoms with van der Waals surface area (Å²) in [6.07, 6.45) is 2.69. The molecule has 0 radical (unpaired) electrons. The van der Waals surface area contributed by atoms with Crippen molar-refractivity contribution < 1.29 is 18.8 Å². The second kappa shape index (κ2) is 9.33. The Hall–Kier alpha value is -1.41. The number of morpholine rings is 1. The summed E-state index contributed by atoms with van der Waals surface area (Å²) in [6.45, 7) is 7.95. The molecule has 0 unspecified atom stereocenters. The minimum absolute atomic E-state index is 0.0489. The van der Waals surface area contributed by atoms with Gasteiger partial charge in [0.15, 0.2) is 0 Å². The molecule has 1 aromatic rings. The first-order valence-corrected chi connectivity index (χ1v) is 9.25. The number of furan rings is 1. The van der Waals surface area contributed by atoms with Crippen molar-refractivity contribution >= 4 is 5.91 Å². The van der Waals surface area contributed by atoms with Gasteiger partial charge in [-0.1, -0.05) is 0 Å². The molecule has 2 aliphatic heterocycles. The lowest BCUT2D eigenvalue weighted by molar-refractivity contribution is -0.181. The van der Waals surface area contributed by atoms with Crippen LogP contribution < -0.4 is 5.32 Å². The maximum absolute atomic E-state index is 12.2. The van der Waals surface area contributed by atoms with E-state index < -0.39 is 0 Å². The predicted molar refractivity (Wildman–Crippen MR) is 93.0 cm³/mol. The maximum Gasteiger partial charge on any atom is 0.221 e. The van der Waals surface area contributed by atoms with Crippen LogP contribution in [0.3, 0.4) is 0 Å². The highest BCUT2D eigenvalue weighted by Crippen LogP contribution is 2.23. The molecule has 0 saturated carbocycles. The molecule has 7 nitrogen and oxygen atoms in total. The molecular weight excluding hydrogens is 322 g/mol. The number of nitrogens with one attached hydrogen (secondary N) is 1. The summed E-state index contributed by atoms with van der Waals surface area (Å²) in [5.74, 6) is 1.84. The van der Waals surface area contributed by atoms with Gasteiger partial charge < -0.3 is 14.5 Å². The Morgan fingerprint density at radius 1 is 1.20 bits per heavy atom. The van der Waals surface area contributed by atoms with Crippen molar-refractivity contribution in [3.63, 3.8) is 0 Å². The second-order valence-corrected chi connectivity index (χ2v) is 6.64. The van der Waals surface area contributed by atoms with Crippen LogP contribution in [0, 0.1) is 6.92 Å². The third-order valence-corrected chi connectivity index (χ3v) is 4.73. The standard InChI is InChI=1S/C18H29N3O4/c1-15-4-5-17(25-15)16(20-9-12-23-13-10-20)14-19-18(22)6-8-21-7-2-3-11-24-21/h4-5,16H,2-3,6-14H2,1H3,(H,19,22)/t16-/m1/s1. The van der Waals surface area contributed by atoms with Crippen LogP contribution in [0.1, 0.15) is 36.8 Å². The van der Waals surface area contributed by atoms with E-state index in [1.54, 1.807) is 0 Å². The second-order valence-electron chi connectivity index (χ2n) is 6.64. The zero-order valence-corrected chi connectivity index (χ0v) is 15.0. The van der Waals surface area contributed by atoms with Crippen molar-refractivity contribution in [2.45, 2.75) is 32.2 Å². The number of hydroxylamine groups is 2. The maximum atomic E-state index is 12.2. The van der Waals surface area contributed by atoms with Crippen molar-refractivity contribution in [2.24, 2.45) is 0 Å². The Kier molecular flexibility index (Phi) is 6.86. The van der Waals surface area contributed by atoms with Gasteiger partial charge in [-0.15, -0.1) is 0 Å². The minimum Gasteiger partial charge on any atom is -0.465 e. The normalized spacial score (nSPS) is 21.2. The largest absolute Gasteiger partial charge is 0.465 e. The molecule has 1 atom stereocenters. The molecule has 2 saturated heterocycles. The quantitative estimate of drug-likeness (QED) is 0.803. The average Bonchev–Trinajstić information content (AvgIpc) is 3.08. The molecule has 0 aliphatic carbocycles. The van der Waals surface area contributed by atoms with E-state index in [0.29, 0.717) is 19.5 Å². The molecule has 3 heterocycles. The summed E-state index contributed by atoms with van der Waals surface area (Å²) in [6, 6.07) is 4.02. The van der Waals surface area contributed by atoms with Crippen LogP contribution in [-0.4, -0.2) is 68.4 Å². The molecule has 0 spiro atoms. The molecule has 0 aromatic carbocycles. The van der Waals surface area contributed by atoms with Gasteiger partial charge in [-0.05, 0) is 31.9 Å². The highest BCUT2D eigenvalue weighted by molar-refractivity contribution is 5.76. The van der Waals surface area contributed by atoms with E-state index in [4.69, 9.17) is 14.0 Å². The van der Waals surface area contributed by atoms with Crippen LogP contribution in [0.25, 0.3) is 0 Å². The molecule has 7 heteroatoms. The van der Waals surface area contributed by atoms with E-state index in [1.807, 2.05) is 24.1 Å². The van der Waals surface area contributed by atoms with Gasteiger partial charge in [0.25, 0.3) is 0 Å². The number of rotatable bonds is 7. The third-order valence-electron chi connectivity index (χ3n) is 4.73. The number of nitrogens with zero attached hydrogens (tertiary/aromatic N) is 2. The summed E-state index contributed by atoms with van der Waals surface area (Å²) in [4.78, 5) is 20.1. The van der Waals surface area contributed by atoms with Crippen LogP contribution in [-0.2, 0) is 14.4 Å². The van der Waals surface area contributed by atoms with E-state index in [0.717, 1.165) is 63.8 Å². The summed E-state index contributed by atoms with van der Waals surface area (Å²) in [5, 5.41) is 4.96. The smallest absolute Gasteiger partial charge is 0.221 e. The summed E-state index contributed by atoms with van der Waals surface area (Å²) >= 11 is 0. The zero-order chi connectivity index (χ0) is 17.5. The topological polar surface area (TPSA) is 67.2 Å². The van der Waals surface area contributed by atoms with Crippen LogP contribution in [0.15, 0.2) is 16.5 Å². The highest BCUT2D eigenvalue weighted by atomic mass is 16.7. The minimum atomic E-state index is 0.0489. The lowest BCUT2D eigenvalue weighted by Gasteiger charge is -2.33. The van der Waals surface area contributed by atoms with Gasteiger partial charge in [0.2, 0.25) is 5.91 Å². The monoisotopic (exact) mass is 351 g/mol. The first kappa shape index (κ1) is 18.4. The molecule has 1 amide bonds. The Morgan fingerprint density at radius 2 is 2.04 bits per heavy atom.